The fraction of sp³-hybridized carbons (Fsp3) is 0.562. The molecule has 2 saturated heterocycles. The molecule has 0 aliphatic carbocycles. The van der Waals surface area contributed by atoms with Crippen LogP contribution < -0.4 is 10.2 Å². The Bertz CT molecular complexity index is 488. The van der Waals surface area contributed by atoms with Crippen LogP contribution in [0.1, 0.15) is 19.3 Å². The monoisotopic (exact) mass is 306 g/mol. The zero-order chi connectivity index (χ0) is 14.7. The van der Waals surface area contributed by atoms with Gasteiger partial charge in [0.1, 0.15) is 0 Å². The van der Waals surface area contributed by atoms with Gasteiger partial charge in [0.05, 0.1) is 5.60 Å². The lowest BCUT2D eigenvalue weighted by molar-refractivity contribution is -0.120. The number of nitrogens with zero attached hydrogens (tertiary/aromatic N) is 1. The van der Waals surface area contributed by atoms with E-state index in [1.807, 2.05) is 35.2 Å². The molecule has 0 spiro atoms. The number of amides is 1. The van der Waals surface area contributed by atoms with Crippen molar-refractivity contribution in [2.24, 2.45) is 0 Å². The van der Waals surface area contributed by atoms with Gasteiger partial charge in [-0.3, -0.25) is 4.79 Å². The predicted molar refractivity (Wildman–Crippen MR) is 86.7 cm³/mol. The average molecular weight is 306 g/mol. The molecule has 0 saturated carbocycles. The Labute approximate surface area is 129 Å². The van der Waals surface area contributed by atoms with E-state index in [0.29, 0.717) is 13.0 Å². The number of anilines is 1. The molecule has 0 unspecified atom stereocenters. The minimum atomic E-state index is -0.579. The van der Waals surface area contributed by atoms with Crippen molar-refractivity contribution in [3.8, 4) is 0 Å². The summed E-state index contributed by atoms with van der Waals surface area (Å²) >= 11 is 1.80. The highest BCUT2D eigenvalue weighted by atomic mass is 32.2. The van der Waals surface area contributed by atoms with Crippen LogP contribution in [0.4, 0.5) is 5.69 Å². The van der Waals surface area contributed by atoms with Crippen molar-refractivity contribution in [2.45, 2.75) is 30.9 Å². The normalized spacial score (nSPS) is 29.9. The number of carbonyl (C=O) groups is 1. The first-order valence-electron chi connectivity index (χ1n) is 7.55. The van der Waals surface area contributed by atoms with Gasteiger partial charge in [0.15, 0.2) is 0 Å². The van der Waals surface area contributed by atoms with Gasteiger partial charge in [-0.2, -0.15) is 11.8 Å². The Hall–Kier alpha value is -1.04. The first kappa shape index (κ1) is 14.9. The number of benzene rings is 1. The average Bonchev–Trinajstić information content (AvgIpc) is 2.93. The SMILES string of the molecule is O=C1C[C@@H](NC[C@@]2(O)CCSC2)CCN1c1ccccc1. The van der Waals surface area contributed by atoms with Gasteiger partial charge in [0, 0.05) is 37.0 Å². The van der Waals surface area contributed by atoms with Gasteiger partial charge in [-0.25, -0.2) is 0 Å². The Morgan fingerprint density at radius 2 is 2.19 bits per heavy atom. The van der Waals surface area contributed by atoms with Gasteiger partial charge in [-0.1, -0.05) is 18.2 Å². The van der Waals surface area contributed by atoms with E-state index in [4.69, 9.17) is 0 Å². The summed E-state index contributed by atoms with van der Waals surface area (Å²) in [5, 5.41) is 13.7. The van der Waals surface area contributed by atoms with Crippen LogP contribution in [0.5, 0.6) is 0 Å². The number of hydrogen-bond donors (Lipinski definition) is 2. The van der Waals surface area contributed by atoms with E-state index in [9.17, 15) is 9.90 Å². The molecule has 3 rings (SSSR count). The lowest BCUT2D eigenvalue weighted by Crippen LogP contribution is -2.50. The van der Waals surface area contributed by atoms with Crippen LogP contribution in [0.2, 0.25) is 0 Å². The van der Waals surface area contributed by atoms with Crippen LogP contribution in [0.3, 0.4) is 0 Å². The summed E-state index contributed by atoms with van der Waals surface area (Å²) in [7, 11) is 0. The van der Waals surface area contributed by atoms with E-state index in [1.165, 1.54) is 0 Å². The molecule has 2 heterocycles. The largest absolute Gasteiger partial charge is 0.388 e. The molecular weight excluding hydrogens is 284 g/mol. The molecule has 2 fully saturated rings. The quantitative estimate of drug-likeness (QED) is 0.888. The van der Waals surface area contributed by atoms with Crippen LogP contribution >= 0.6 is 11.8 Å². The summed E-state index contributed by atoms with van der Waals surface area (Å²) in [6, 6.07) is 10.0. The van der Waals surface area contributed by atoms with Gasteiger partial charge in [0.2, 0.25) is 5.91 Å². The third-order valence-electron chi connectivity index (χ3n) is 4.29. The first-order chi connectivity index (χ1) is 10.2. The molecule has 21 heavy (non-hydrogen) atoms. The molecule has 114 valence electrons. The summed E-state index contributed by atoms with van der Waals surface area (Å²) in [4.78, 5) is 14.2. The number of para-hydroxylation sites is 1. The molecule has 5 heteroatoms. The molecule has 0 bridgehead atoms. The molecule has 1 amide bonds. The molecule has 0 aromatic heterocycles. The second kappa shape index (κ2) is 6.38. The zero-order valence-electron chi connectivity index (χ0n) is 12.1. The van der Waals surface area contributed by atoms with Crippen molar-refractivity contribution < 1.29 is 9.90 Å². The summed E-state index contributed by atoms with van der Waals surface area (Å²) < 4.78 is 0. The third kappa shape index (κ3) is 3.59. The zero-order valence-corrected chi connectivity index (χ0v) is 12.9. The summed E-state index contributed by atoms with van der Waals surface area (Å²) in [5.74, 6) is 2.00. The van der Waals surface area contributed by atoms with Crippen LogP contribution in [-0.2, 0) is 4.79 Å². The van der Waals surface area contributed by atoms with Crippen molar-refractivity contribution in [3.05, 3.63) is 30.3 Å². The second-order valence-corrected chi connectivity index (χ2v) is 7.08. The number of hydrogen-bond acceptors (Lipinski definition) is 4. The Kier molecular flexibility index (Phi) is 4.52. The van der Waals surface area contributed by atoms with Crippen molar-refractivity contribution in [1.29, 1.82) is 0 Å². The lowest BCUT2D eigenvalue weighted by atomic mass is 10.00. The molecular formula is C16H22N2O2S. The van der Waals surface area contributed by atoms with E-state index >= 15 is 0 Å². The van der Waals surface area contributed by atoms with E-state index < -0.39 is 5.60 Å². The second-order valence-electron chi connectivity index (χ2n) is 5.98. The topological polar surface area (TPSA) is 52.6 Å². The highest BCUT2D eigenvalue weighted by Crippen LogP contribution is 2.28. The maximum absolute atomic E-state index is 12.3. The van der Waals surface area contributed by atoms with Crippen LogP contribution in [-0.4, -0.2) is 47.3 Å². The molecule has 2 N–H and O–H groups in total. The maximum Gasteiger partial charge on any atom is 0.228 e. The Morgan fingerprint density at radius 1 is 1.38 bits per heavy atom. The number of rotatable bonds is 4. The molecule has 1 aromatic carbocycles. The fourth-order valence-electron chi connectivity index (χ4n) is 2.96. The summed E-state index contributed by atoms with van der Waals surface area (Å²) in [6.07, 6.45) is 2.30. The number of aliphatic hydroxyl groups is 1. The van der Waals surface area contributed by atoms with Gasteiger partial charge < -0.3 is 15.3 Å². The minimum Gasteiger partial charge on any atom is -0.388 e. The predicted octanol–water partition coefficient (Wildman–Crippen LogP) is 1.64. The lowest BCUT2D eigenvalue weighted by Gasteiger charge is -2.34. The Balaban J connectivity index is 1.52. The van der Waals surface area contributed by atoms with Crippen LogP contribution in [0, 0.1) is 0 Å². The third-order valence-corrected chi connectivity index (χ3v) is 5.53. The summed E-state index contributed by atoms with van der Waals surface area (Å²) in [6.45, 7) is 1.34. The van der Waals surface area contributed by atoms with Crippen molar-refractivity contribution in [2.75, 3.05) is 29.5 Å². The smallest absolute Gasteiger partial charge is 0.228 e. The maximum atomic E-state index is 12.3. The highest BCUT2D eigenvalue weighted by Gasteiger charge is 2.33. The van der Waals surface area contributed by atoms with Crippen molar-refractivity contribution in [3.63, 3.8) is 0 Å². The van der Waals surface area contributed by atoms with Crippen LogP contribution in [0.25, 0.3) is 0 Å². The molecule has 1 aromatic rings. The van der Waals surface area contributed by atoms with Crippen molar-refractivity contribution >= 4 is 23.4 Å². The van der Waals surface area contributed by atoms with E-state index in [0.717, 1.165) is 36.6 Å². The fourth-order valence-corrected chi connectivity index (χ4v) is 4.25. The molecule has 2 aliphatic heterocycles. The number of thioether (sulfide) groups is 1. The highest BCUT2D eigenvalue weighted by molar-refractivity contribution is 7.99. The van der Waals surface area contributed by atoms with Gasteiger partial charge in [-0.15, -0.1) is 0 Å². The van der Waals surface area contributed by atoms with Crippen LogP contribution in [0.15, 0.2) is 30.3 Å². The van der Waals surface area contributed by atoms with E-state index in [2.05, 4.69) is 5.32 Å². The first-order valence-corrected chi connectivity index (χ1v) is 8.71. The Morgan fingerprint density at radius 3 is 2.86 bits per heavy atom. The number of piperidine rings is 1. The molecule has 4 nitrogen and oxygen atoms in total. The molecule has 0 radical (unpaired) electrons. The minimum absolute atomic E-state index is 0.165. The molecule has 2 aliphatic rings. The van der Waals surface area contributed by atoms with Gasteiger partial charge in [0.25, 0.3) is 0 Å². The number of nitrogens with one attached hydrogen (secondary N) is 1. The van der Waals surface area contributed by atoms with Gasteiger partial charge in [-0.05, 0) is 30.7 Å². The van der Waals surface area contributed by atoms with E-state index in [1.54, 1.807) is 11.8 Å². The summed E-state index contributed by atoms with van der Waals surface area (Å²) in [5.41, 5.74) is 0.399. The standard InChI is InChI=1S/C16H22N2O2S/c19-15-10-13(17-11-16(20)7-9-21-12-16)6-8-18(15)14-4-2-1-3-5-14/h1-5,13,17,20H,6-12H2/t13-,16-/m0/s1. The number of carbonyl (C=O) groups excluding carboxylic acids is 1. The van der Waals surface area contributed by atoms with E-state index in [-0.39, 0.29) is 11.9 Å². The van der Waals surface area contributed by atoms with Crippen molar-refractivity contribution in [1.82, 2.24) is 5.32 Å². The molecule has 2 atom stereocenters. The van der Waals surface area contributed by atoms with Gasteiger partial charge >= 0.3 is 0 Å².